The lowest BCUT2D eigenvalue weighted by atomic mass is 10.0. The molecule has 0 atom stereocenters. The summed E-state index contributed by atoms with van der Waals surface area (Å²) >= 11 is 0. The van der Waals surface area contributed by atoms with Crippen molar-refractivity contribution in [1.82, 2.24) is 0 Å². The summed E-state index contributed by atoms with van der Waals surface area (Å²) in [7, 11) is 0. The van der Waals surface area contributed by atoms with Gasteiger partial charge in [0.1, 0.15) is 0 Å². The lowest BCUT2D eigenvalue weighted by Gasteiger charge is -2.04. The van der Waals surface area contributed by atoms with Crippen LogP contribution in [0, 0.1) is 6.92 Å². The van der Waals surface area contributed by atoms with Gasteiger partial charge >= 0.3 is 0 Å². The predicted octanol–water partition coefficient (Wildman–Crippen LogP) is 11.5. The zero-order chi connectivity index (χ0) is 21.8. The normalized spacial score (nSPS) is 11.7. The quantitative estimate of drug-likeness (QED) is 0.0965. The SMILES string of the molecule is [CH2]CCC/C=C/CCCCCCCCCCCCCCCCCCCCCCCC. The van der Waals surface area contributed by atoms with Crippen molar-refractivity contribution in [2.45, 2.75) is 174 Å². The maximum atomic E-state index is 3.88. The minimum absolute atomic E-state index is 1.07. The molecule has 0 saturated carbocycles. The number of rotatable bonds is 26. The van der Waals surface area contributed by atoms with E-state index in [1.54, 1.807) is 0 Å². The van der Waals surface area contributed by atoms with Gasteiger partial charge in [-0.1, -0.05) is 167 Å². The Bertz CT molecular complexity index is 303. The topological polar surface area (TPSA) is 0 Å². The van der Waals surface area contributed by atoms with Gasteiger partial charge < -0.3 is 0 Å². The third-order valence-corrected chi connectivity index (χ3v) is 6.51. The molecule has 0 aliphatic rings. The summed E-state index contributed by atoms with van der Waals surface area (Å²) in [6.07, 6.45) is 41.8. The number of hydrogen-bond acceptors (Lipinski definition) is 0. The van der Waals surface area contributed by atoms with E-state index in [1.807, 2.05) is 0 Å². The first-order valence-electron chi connectivity index (χ1n) is 14.4. The standard InChI is InChI=1S/C30H59/c1-3-5-7-9-11-13-15-17-19-21-23-25-27-29-30-28-26-24-22-20-18-16-14-12-10-8-6-4-2/h9,11H,1,3-8,10,12-30H2,2H3/b11-9+. The highest BCUT2D eigenvalue weighted by Crippen LogP contribution is 2.15. The highest BCUT2D eigenvalue weighted by atomic mass is 14.0. The van der Waals surface area contributed by atoms with Gasteiger partial charge in [-0.3, -0.25) is 0 Å². The van der Waals surface area contributed by atoms with Crippen LogP contribution in [0.15, 0.2) is 12.2 Å². The molecule has 179 valence electrons. The van der Waals surface area contributed by atoms with Gasteiger partial charge in [-0.2, -0.15) is 0 Å². The average Bonchev–Trinajstić information content (AvgIpc) is 2.76. The lowest BCUT2D eigenvalue weighted by molar-refractivity contribution is 0.519. The van der Waals surface area contributed by atoms with Crippen LogP contribution in [0.2, 0.25) is 0 Å². The molecule has 0 nitrogen and oxygen atoms in total. The Morgan fingerprint density at radius 1 is 0.367 bits per heavy atom. The first-order chi connectivity index (χ1) is 14.9. The second-order valence-corrected chi connectivity index (χ2v) is 9.68. The molecule has 0 aliphatic heterocycles. The van der Waals surface area contributed by atoms with Gasteiger partial charge in [0.25, 0.3) is 0 Å². The second-order valence-electron chi connectivity index (χ2n) is 9.68. The molecule has 0 aromatic carbocycles. The van der Waals surface area contributed by atoms with Gasteiger partial charge in [0, 0.05) is 0 Å². The Morgan fingerprint density at radius 3 is 0.933 bits per heavy atom. The molecule has 0 saturated heterocycles. The zero-order valence-corrected chi connectivity index (χ0v) is 21.2. The maximum absolute atomic E-state index is 3.88. The fraction of sp³-hybridized carbons (Fsp3) is 0.900. The van der Waals surface area contributed by atoms with Crippen molar-refractivity contribution in [3.05, 3.63) is 19.1 Å². The van der Waals surface area contributed by atoms with E-state index >= 15 is 0 Å². The van der Waals surface area contributed by atoms with E-state index in [9.17, 15) is 0 Å². The summed E-state index contributed by atoms with van der Waals surface area (Å²) in [5.74, 6) is 0. The van der Waals surface area contributed by atoms with Crippen LogP contribution in [0.5, 0.6) is 0 Å². The van der Waals surface area contributed by atoms with Crippen molar-refractivity contribution in [3.63, 3.8) is 0 Å². The highest BCUT2D eigenvalue weighted by molar-refractivity contribution is 4.81. The lowest BCUT2D eigenvalue weighted by Crippen LogP contribution is -1.84. The van der Waals surface area contributed by atoms with Gasteiger partial charge in [-0.15, -0.1) is 0 Å². The van der Waals surface area contributed by atoms with Gasteiger partial charge in [0.05, 0.1) is 0 Å². The average molecular weight is 420 g/mol. The second kappa shape index (κ2) is 28.7. The predicted molar refractivity (Wildman–Crippen MR) is 140 cm³/mol. The van der Waals surface area contributed by atoms with E-state index in [4.69, 9.17) is 0 Å². The molecule has 0 rings (SSSR count). The number of allylic oxidation sites excluding steroid dienone is 2. The molecular weight excluding hydrogens is 360 g/mol. The summed E-state index contributed by atoms with van der Waals surface area (Å²) in [5, 5.41) is 0. The first kappa shape index (κ1) is 29.7. The Hall–Kier alpha value is -0.260. The molecule has 0 bridgehead atoms. The molecule has 0 unspecified atom stereocenters. The third kappa shape index (κ3) is 27.7. The van der Waals surface area contributed by atoms with Crippen molar-refractivity contribution >= 4 is 0 Å². The van der Waals surface area contributed by atoms with E-state index in [1.165, 1.54) is 161 Å². The minimum atomic E-state index is 1.07. The molecule has 0 amide bonds. The molecule has 30 heavy (non-hydrogen) atoms. The fourth-order valence-electron chi connectivity index (χ4n) is 4.37. The molecule has 0 fully saturated rings. The molecule has 0 heteroatoms. The first-order valence-corrected chi connectivity index (χ1v) is 14.4. The van der Waals surface area contributed by atoms with Crippen LogP contribution in [0.3, 0.4) is 0 Å². The van der Waals surface area contributed by atoms with Crippen molar-refractivity contribution in [3.8, 4) is 0 Å². The summed E-state index contributed by atoms with van der Waals surface area (Å²) < 4.78 is 0. The molecule has 0 N–H and O–H groups in total. The van der Waals surface area contributed by atoms with Crippen molar-refractivity contribution < 1.29 is 0 Å². The Labute approximate surface area is 193 Å². The number of hydrogen-bond donors (Lipinski definition) is 0. The van der Waals surface area contributed by atoms with Crippen LogP contribution in [0.25, 0.3) is 0 Å². The largest absolute Gasteiger partial charge is 0.0885 e. The third-order valence-electron chi connectivity index (χ3n) is 6.51. The van der Waals surface area contributed by atoms with E-state index in [0.717, 1.165) is 6.42 Å². The summed E-state index contributed by atoms with van der Waals surface area (Å²) in [4.78, 5) is 0. The van der Waals surface area contributed by atoms with Crippen LogP contribution >= 0.6 is 0 Å². The van der Waals surface area contributed by atoms with Crippen molar-refractivity contribution in [1.29, 1.82) is 0 Å². The van der Waals surface area contributed by atoms with Crippen LogP contribution in [-0.2, 0) is 0 Å². The van der Waals surface area contributed by atoms with Crippen molar-refractivity contribution in [2.75, 3.05) is 0 Å². The smallest absolute Gasteiger partial charge is 0.0351 e. The molecule has 0 spiro atoms. The van der Waals surface area contributed by atoms with E-state index in [2.05, 4.69) is 26.0 Å². The summed E-state index contributed by atoms with van der Waals surface area (Å²) in [6, 6.07) is 0. The highest BCUT2D eigenvalue weighted by Gasteiger charge is 1.95. The zero-order valence-electron chi connectivity index (χ0n) is 21.2. The Morgan fingerprint density at radius 2 is 0.633 bits per heavy atom. The Kier molecular flexibility index (Phi) is 28.5. The van der Waals surface area contributed by atoms with Gasteiger partial charge in [0.15, 0.2) is 0 Å². The van der Waals surface area contributed by atoms with Gasteiger partial charge in [0.2, 0.25) is 0 Å². The molecule has 1 radical (unpaired) electrons. The fourth-order valence-corrected chi connectivity index (χ4v) is 4.37. The van der Waals surface area contributed by atoms with Crippen molar-refractivity contribution in [2.24, 2.45) is 0 Å². The van der Waals surface area contributed by atoms with E-state index in [0.29, 0.717) is 0 Å². The van der Waals surface area contributed by atoms with E-state index in [-0.39, 0.29) is 0 Å². The molecule has 0 aliphatic carbocycles. The number of unbranched alkanes of at least 4 members (excludes halogenated alkanes) is 24. The van der Waals surface area contributed by atoms with Crippen LogP contribution < -0.4 is 0 Å². The maximum Gasteiger partial charge on any atom is -0.0351 e. The Balaban J connectivity index is 3.01. The van der Waals surface area contributed by atoms with Crippen LogP contribution in [0.4, 0.5) is 0 Å². The molecule has 0 heterocycles. The minimum Gasteiger partial charge on any atom is -0.0885 e. The summed E-state index contributed by atoms with van der Waals surface area (Å²) in [6.45, 7) is 6.19. The molecular formula is C30H59. The van der Waals surface area contributed by atoms with Gasteiger partial charge in [-0.05, 0) is 25.7 Å². The summed E-state index contributed by atoms with van der Waals surface area (Å²) in [5.41, 5.74) is 0. The monoisotopic (exact) mass is 419 g/mol. The van der Waals surface area contributed by atoms with E-state index < -0.39 is 0 Å². The molecule has 0 aromatic rings. The van der Waals surface area contributed by atoms with Crippen LogP contribution in [0.1, 0.15) is 174 Å². The van der Waals surface area contributed by atoms with Crippen LogP contribution in [-0.4, -0.2) is 0 Å². The molecule has 0 aromatic heterocycles. The van der Waals surface area contributed by atoms with Gasteiger partial charge in [-0.25, -0.2) is 0 Å².